The van der Waals surface area contributed by atoms with Crippen molar-refractivity contribution in [2.24, 2.45) is 13.0 Å². The van der Waals surface area contributed by atoms with Gasteiger partial charge in [-0.15, -0.1) is 0 Å². The van der Waals surface area contributed by atoms with Crippen LogP contribution in [0.4, 0.5) is 0 Å². The molecule has 2 atom stereocenters. The Morgan fingerprint density at radius 1 is 1.45 bits per heavy atom. The van der Waals surface area contributed by atoms with Crippen molar-refractivity contribution in [2.75, 3.05) is 6.61 Å². The summed E-state index contributed by atoms with van der Waals surface area (Å²) in [5, 5.41) is 6.83. The van der Waals surface area contributed by atoms with Gasteiger partial charge in [-0.2, -0.15) is 5.10 Å². The Morgan fingerprint density at radius 2 is 2.20 bits per heavy atom. The first-order valence-electron chi connectivity index (χ1n) is 7.01. The number of ether oxygens (including phenoxy) is 1. The van der Waals surface area contributed by atoms with Gasteiger partial charge in [0, 0.05) is 19.3 Å². The van der Waals surface area contributed by atoms with Gasteiger partial charge in [-0.1, -0.05) is 19.8 Å². The number of rotatable bonds is 4. The zero-order chi connectivity index (χ0) is 14.5. The van der Waals surface area contributed by atoms with E-state index < -0.39 is 5.97 Å². The largest absolute Gasteiger partial charge is 0.452 e. The average molecular weight is 279 g/mol. The van der Waals surface area contributed by atoms with Gasteiger partial charge < -0.3 is 10.1 Å². The van der Waals surface area contributed by atoms with Crippen LogP contribution >= 0.6 is 0 Å². The molecule has 0 aliphatic heterocycles. The van der Waals surface area contributed by atoms with Crippen molar-refractivity contribution < 1.29 is 14.3 Å². The lowest BCUT2D eigenvalue weighted by Crippen LogP contribution is -2.42. The molecule has 0 radical (unpaired) electrons. The Bertz CT molecular complexity index is 484. The van der Waals surface area contributed by atoms with Gasteiger partial charge in [-0.05, 0) is 18.8 Å². The van der Waals surface area contributed by atoms with E-state index in [1.54, 1.807) is 13.2 Å². The third-order valence-electron chi connectivity index (χ3n) is 3.73. The lowest BCUT2D eigenvalue weighted by molar-refractivity contribution is -0.125. The van der Waals surface area contributed by atoms with E-state index in [9.17, 15) is 9.59 Å². The summed E-state index contributed by atoms with van der Waals surface area (Å²) in [6, 6.07) is 0.202. The molecule has 2 rings (SSSR count). The monoisotopic (exact) mass is 279 g/mol. The van der Waals surface area contributed by atoms with E-state index in [-0.39, 0.29) is 18.6 Å². The Labute approximate surface area is 118 Å². The van der Waals surface area contributed by atoms with Crippen molar-refractivity contribution in [3.8, 4) is 0 Å². The number of nitrogens with zero attached hydrogens (tertiary/aromatic N) is 2. The van der Waals surface area contributed by atoms with Crippen LogP contribution < -0.4 is 5.32 Å². The van der Waals surface area contributed by atoms with Crippen molar-refractivity contribution in [3.05, 3.63) is 18.0 Å². The quantitative estimate of drug-likeness (QED) is 0.842. The fourth-order valence-corrected chi connectivity index (χ4v) is 2.52. The molecule has 6 heteroatoms. The number of aryl methyl sites for hydroxylation is 1. The summed E-state index contributed by atoms with van der Waals surface area (Å²) in [6.45, 7) is 1.91. The van der Waals surface area contributed by atoms with Gasteiger partial charge in [0.15, 0.2) is 6.61 Å². The second-order valence-corrected chi connectivity index (χ2v) is 5.41. The first kappa shape index (κ1) is 14.6. The Hall–Kier alpha value is -1.85. The van der Waals surface area contributed by atoms with Crippen LogP contribution in [-0.2, 0) is 16.6 Å². The SMILES string of the molecule is CC1CCCCC1NC(=O)COC(=O)c1cnn(C)c1. The van der Waals surface area contributed by atoms with E-state index in [0.29, 0.717) is 11.5 Å². The standard InChI is InChI=1S/C14H21N3O3/c1-10-5-3-4-6-12(10)16-13(18)9-20-14(19)11-7-15-17(2)8-11/h7-8,10,12H,3-6,9H2,1-2H3,(H,16,18). The van der Waals surface area contributed by atoms with Gasteiger partial charge in [0.2, 0.25) is 0 Å². The summed E-state index contributed by atoms with van der Waals surface area (Å²) in [7, 11) is 1.72. The van der Waals surface area contributed by atoms with Crippen molar-refractivity contribution in [1.82, 2.24) is 15.1 Å². The van der Waals surface area contributed by atoms with Crippen LogP contribution in [0.2, 0.25) is 0 Å². The molecule has 0 saturated heterocycles. The summed E-state index contributed by atoms with van der Waals surface area (Å²) >= 11 is 0. The van der Waals surface area contributed by atoms with E-state index in [0.717, 1.165) is 19.3 Å². The number of amides is 1. The highest BCUT2D eigenvalue weighted by Crippen LogP contribution is 2.23. The fraction of sp³-hybridized carbons (Fsp3) is 0.643. The van der Waals surface area contributed by atoms with Crippen LogP contribution in [0.3, 0.4) is 0 Å². The van der Waals surface area contributed by atoms with Crippen LogP contribution in [-0.4, -0.2) is 34.3 Å². The molecule has 1 N–H and O–H groups in total. The molecule has 1 saturated carbocycles. The predicted molar refractivity (Wildman–Crippen MR) is 73.1 cm³/mol. The molecule has 6 nitrogen and oxygen atoms in total. The third-order valence-corrected chi connectivity index (χ3v) is 3.73. The molecule has 0 aromatic carbocycles. The maximum Gasteiger partial charge on any atom is 0.341 e. The van der Waals surface area contributed by atoms with Gasteiger partial charge in [0.1, 0.15) is 0 Å². The minimum absolute atomic E-state index is 0.202. The molecular formula is C14H21N3O3. The van der Waals surface area contributed by atoms with Crippen LogP contribution in [0.25, 0.3) is 0 Å². The van der Waals surface area contributed by atoms with Crippen molar-refractivity contribution in [2.45, 2.75) is 38.6 Å². The summed E-state index contributed by atoms with van der Waals surface area (Å²) in [6.07, 6.45) is 7.49. The number of carbonyl (C=O) groups excluding carboxylic acids is 2. The molecule has 1 aromatic heterocycles. The molecular weight excluding hydrogens is 258 g/mol. The molecule has 1 aliphatic carbocycles. The summed E-state index contributed by atoms with van der Waals surface area (Å²) < 4.78 is 6.49. The Balaban J connectivity index is 1.76. The van der Waals surface area contributed by atoms with Crippen LogP contribution in [0.15, 0.2) is 12.4 Å². The number of hydrogen-bond donors (Lipinski definition) is 1. The van der Waals surface area contributed by atoms with E-state index in [2.05, 4.69) is 17.3 Å². The molecule has 0 spiro atoms. The number of aromatic nitrogens is 2. The van der Waals surface area contributed by atoms with Crippen molar-refractivity contribution in [1.29, 1.82) is 0 Å². The minimum atomic E-state index is -0.523. The highest BCUT2D eigenvalue weighted by molar-refractivity contribution is 5.90. The van der Waals surface area contributed by atoms with Gasteiger partial charge in [0.05, 0.1) is 11.8 Å². The second kappa shape index (κ2) is 6.54. The summed E-state index contributed by atoms with van der Waals surface area (Å²) in [5.74, 6) is -0.271. The van der Waals surface area contributed by atoms with Gasteiger partial charge in [-0.25, -0.2) is 4.79 Å². The van der Waals surface area contributed by atoms with E-state index in [4.69, 9.17) is 4.74 Å². The smallest absolute Gasteiger partial charge is 0.341 e. The highest BCUT2D eigenvalue weighted by Gasteiger charge is 2.23. The molecule has 110 valence electrons. The maximum atomic E-state index is 11.8. The maximum absolute atomic E-state index is 11.8. The highest BCUT2D eigenvalue weighted by atomic mass is 16.5. The normalized spacial score (nSPS) is 22.3. The topological polar surface area (TPSA) is 73.2 Å². The minimum Gasteiger partial charge on any atom is -0.452 e. The lowest BCUT2D eigenvalue weighted by atomic mass is 9.86. The van der Waals surface area contributed by atoms with Crippen molar-refractivity contribution in [3.63, 3.8) is 0 Å². The second-order valence-electron chi connectivity index (χ2n) is 5.41. The molecule has 1 aliphatic rings. The number of hydrogen-bond acceptors (Lipinski definition) is 4. The van der Waals surface area contributed by atoms with Crippen LogP contribution in [0.1, 0.15) is 43.0 Å². The van der Waals surface area contributed by atoms with E-state index in [1.807, 2.05) is 0 Å². The third kappa shape index (κ3) is 3.82. The van der Waals surface area contributed by atoms with E-state index >= 15 is 0 Å². The first-order valence-corrected chi connectivity index (χ1v) is 7.01. The molecule has 20 heavy (non-hydrogen) atoms. The lowest BCUT2D eigenvalue weighted by Gasteiger charge is -2.29. The first-order chi connectivity index (χ1) is 9.56. The number of carbonyl (C=O) groups is 2. The van der Waals surface area contributed by atoms with Crippen molar-refractivity contribution >= 4 is 11.9 Å². The van der Waals surface area contributed by atoms with Gasteiger partial charge >= 0.3 is 5.97 Å². The van der Waals surface area contributed by atoms with Gasteiger partial charge in [-0.3, -0.25) is 9.48 Å². The molecule has 1 amide bonds. The van der Waals surface area contributed by atoms with Gasteiger partial charge in [0.25, 0.3) is 5.91 Å². The number of esters is 1. The Kier molecular flexibility index (Phi) is 4.76. The molecule has 1 fully saturated rings. The fourth-order valence-electron chi connectivity index (χ4n) is 2.52. The Morgan fingerprint density at radius 3 is 2.85 bits per heavy atom. The van der Waals surface area contributed by atoms with E-state index in [1.165, 1.54) is 17.3 Å². The molecule has 1 aromatic rings. The zero-order valence-electron chi connectivity index (χ0n) is 12.0. The number of nitrogens with one attached hydrogen (secondary N) is 1. The molecule has 0 bridgehead atoms. The summed E-state index contributed by atoms with van der Waals surface area (Å²) in [5.41, 5.74) is 0.353. The molecule has 2 unspecified atom stereocenters. The molecule has 1 heterocycles. The zero-order valence-corrected chi connectivity index (χ0v) is 12.0. The summed E-state index contributed by atoms with van der Waals surface area (Å²) in [4.78, 5) is 23.5. The predicted octanol–water partition coefficient (Wildman–Crippen LogP) is 1.27. The average Bonchev–Trinajstić information content (AvgIpc) is 2.85. The van der Waals surface area contributed by atoms with Crippen LogP contribution in [0, 0.1) is 5.92 Å². The van der Waals surface area contributed by atoms with Crippen LogP contribution in [0.5, 0.6) is 0 Å².